The highest BCUT2D eigenvalue weighted by atomic mass is 35.5. The van der Waals surface area contributed by atoms with Gasteiger partial charge in [0, 0.05) is 23.0 Å². The molecule has 0 bridgehead atoms. The highest BCUT2D eigenvalue weighted by Gasteiger charge is 2.32. The summed E-state index contributed by atoms with van der Waals surface area (Å²) in [6.45, 7) is 2.32. The zero-order chi connectivity index (χ0) is 17.9. The largest absolute Gasteiger partial charge is 0.480 e. The van der Waals surface area contributed by atoms with E-state index >= 15 is 0 Å². The van der Waals surface area contributed by atoms with Gasteiger partial charge in [-0.3, -0.25) is 0 Å². The van der Waals surface area contributed by atoms with Crippen LogP contribution in [0.4, 0.5) is 4.79 Å². The lowest BCUT2D eigenvalue weighted by atomic mass is 9.95. The van der Waals surface area contributed by atoms with Gasteiger partial charge in [-0.15, -0.1) is 0 Å². The van der Waals surface area contributed by atoms with Crippen LogP contribution in [0.5, 0.6) is 0 Å². The fourth-order valence-electron chi connectivity index (χ4n) is 2.74. The first kappa shape index (κ1) is 18.8. The summed E-state index contributed by atoms with van der Waals surface area (Å²) < 4.78 is 0. The molecule has 1 aromatic rings. The number of nitrogens with zero attached hydrogens (tertiary/aromatic N) is 1. The molecule has 0 aliphatic carbocycles. The number of piperidine rings is 1. The summed E-state index contributed by atoms with van der Waals surface area (Å²) >= 11 is 11.9. The number of carboxylic acid groups (broad SMARTS) is 1. The normalized spacial score (nSPS) is 22.1. The number of rotatable bonds is 4. The first-order chi connectivity index (χ1) is 11.2. The summed E-state index contributed by atoms with van der Waals surface area (Å²) in [6.07, 6.45) is 1.32. The van der Waals surface area contributed by atoms with Crippen molar-refractivity contribution in [3.8, 4) is 0 Å². The fourth-order valence-corrected chi connectivity index (χ4v) is 3.23. The summed E-state index contributed by atoms with van der Waals surface area (Å²) in [7, 11) is 0. The number of hydrogen-bond donors (Lipinski definition) is 3. The molecule has 0 saturated carbocycles. The monoisotopic (exact) mass is 374 g/mol. The van der Waals surface area contributed by atoms with E-state index in [1.54, 1.807) is 19.1 Å². The molecule has 0 spiro atoms. The molecule has 6 nitrogen and oxygen atoms in total. The van der Waals surface area contributed by atoms with E-state index in [-0.39, 0.29) is 13.0 Å². The van der Waals surface area contributed by atoms with E-state index in [0.717, 1.165) is 0 Å². The SMILES string of the molecule is CC1(O)CCCN(C(=O)N[C@H](Cc2ccc(Cl)cc2Cl)C(=O)O)C1. The van der Waals surface area contributed by atoms with Crippen LogP contribution in [0.1, 0.15) is 25.3 Å². The molecule has 1 fully saturated rings. The van der Waals surface area contributed by atoms with E-state index in [2.05, 4.69) is 5.32 Å². The predicted molar refractivity (Wildman–Crippen MR) is 91.6 cm³/mol. The maximum absolute atomic E-state index is 12.3. The van der Waals surface area contributed by atoms with Gasteiger partial charge in [0.15, 0.2) is 0 Å². The number of aliphatic hydroxyl groups is 1. The van der Waals surface area contributed by atoms with E-state index in [9.17, 15) is 19.8 Å². The Balaban J connectivity index is 2.05. The number of nitrogens with one attached hydrogen (secondary N) is 1. The second-order valence-electron chi connectivity index (χ2n) is 6.30. The molecule has 1 aromatic carbocycles. The van der Waals surface area contributed by atoms with Crippen LogP contribution in [-0.2, 0) is 11.2 Å². The molecule has 1 aliphatic heterocycles. The van der Waals surface area contributed by atoms with Crippen LogP contribution in [0.25, 0.3) is 0 Å². The van der Waals surface area contributed by atoms with Crippen LogP contribution >= 0.6 is 23.2 Å². The average Bonchev–Trinajstić information content (AvgIpc) is 2.47. The average molecular weight is 375 g/mol. The zero-order valence-corrected chi connectivity index (χ0v) is 14.8. The standard InChI is InChI=1S/C16H20Cl2N2O4/c1-16(24)5-2-6-20(9-16)15(23)19-13(14(21)22)7-10-3-4-11(17)8-12(10)18/h3-4,8,13,24H,2,5-7,9H2,1H3,(H,19,23)(H,21,22)/t13-,16?/m1/s1. The van der Waals surface area contributed by atoms with Gasteiger partial charge in [-0.1, -0.05) is 29.3 Å². The molecular weight excluding hydrogens is 355 g/mol. The maximum atomic E-state index is 12.3. The molecule has 2 amide bonds. The second kappa shape index (κ2) is 7.59. The van der Waals surface area contributed by atoms with Crippen LogP contribution in [0, 0.1) is 0 Å². The van der Waals surface area contributed by atoms with Gasteiger partial charge in [-0.05, 0) is 37.5 Å². The van der Waals surface area contributed by atoms with E-state index in [1.165, 1.54) is 11.0 Å². The summed E-state index contributed by atoms with van der Waals surface area (Å²) in [5.74, 6) is -1.15. The number of carboxylic acids is 1. The maximum Gasteiger partial charge on any atom is 0.326 e. The number of halogens is 2. The highest BCUT2D eigenvalue weighted by molar-refractivity contribution is 6.35. The van der Waals surface area contributed by atoms with Crippen LogP contribution in [0.3, 0.4) is 0 Å². The van der Waals surface area contributed by atoms with Crippen LogP contribution in [0.15, 0.2) is 18.2 Å². The van der Waals surface area contributed by atoms with Gasteiger partial charge >= 0.3 is 12.0 Å². The summed E-state index contributed by atoms with van der Waals surface area (Å²) in [6, 6.07) is 3.15. The number of urea groups is 1. The predicted octanol–water partition coefficient (Wildman–Crippen LogP) is 2.55. The lowest BCUT2D eigenvalue weighted by molar-refractivity contribution is -0.139. The molecule has 24 heavy (non-hydrogen) atoms. The lowest BCUT2D eigenvalue weighted by Gasteiger charge is -2.37. The first-order valence-electron chi connectivity index (χ1n) is 7.62. The number of aliphatic carboxylic acids is 1. The number of benzene rings is 1. The van der Waals surface area contributed by atoms with Crippen molar-refractivity contribution < 1.29 is 19.8 Å². The lowest BCUT2D eigenvalue weighted by Crippen LogP contribution is -2.55. The fraction of sp³-hybridized carbons (Fsp3) is 0.500. The third kappa shape index (κ3) is 5.00. The summed E-state index contributed by atoms with van der Waals surface area (Å²) in [4.78, 5) is 25.2. The third-order valence-electron chi connectivity index (χ3n) is 4.00. The highest BCUT2D eigenvalue weighted by Crippen LogP contribution is 2.23. The molecule has 1 heterocycles. The zero-order valence-electron chi connectivity index (χ0n) is 13.3. The van der Waals surface area contributed by atoms with Crippen molar-refractivity contribution in [2.24, 2.45) is 0 Å². The number of β-amino-alcohol motifs (C(OH)–C–C–N with tert-alkyl or cyclic N) is 1. The van der Waals surface area contributed by atoms with E-state index in [4.69, 9.17) is 23.2 Å². The minimum absolute atomic E-state index is 0.0430. The topological polar surface area (TPSA) is 89.9 Å². The van der Waals surface area contributed by atoms with E-state index in [1.807, 2.05) is 0 Å². The molecule has 2 rings (SSSR count). The molecule has 3 N–H and O–H groups in total. The van der Waals surface area contributed by atoms with Crippen molar-refractivity contribution >= 4 is 35.2 Å². The molecular formula is C16H20Cl2N2O4. The van der Waals surface area contributed by atoms with Crippen LogP contribution in [-0.4, -0.2) is 51.8 Å². The van der Waals surface area contributed by atoms with Crippen LogP contribution < -0.4 is 5.32 Å². The minimum Gasteiger partial charge on any atom is -0.480 e. The van der Waals surface area contributed by atoms with Crippen molar-refractivity contribution in [1.29, 1.82) is 0 Å². The summed E-state index contributed by atoms with van der Waals surface area (Å²) in [5, 5.41) is 22.7. The van der Waals surface area contributed by atoms with E-state index in [0.29, 0.717) is 35.0 Å². The molecule has 0 aromatic heterocycles. The van der Waals surface area contributed by atoms with Crippen molar-refractivity contribution in [3.63, 3.8) is 0 Å². The Kier molecular flexibility index (Phi) is 5.96. The Labute approximate surface area is 150 Å². The Morgan fingerprint density at radius 2 is 2.12 bits per heavy atom. The van der Waals surface area contributed by atoms with Crippen molar-refractivity contribution in [3.05, 3.63) is 33.8 Å². The smallest absolute Gasteiger partial charge is 0.326 e. The van der Waals surface area contributed by atoms with Crippen LogP contribution in [0.2, 0.25) is 10.0 Å². The molecule has 2 atom stereocenters. The molecule has 132 valence electrons. The van der Waals surface area contributed by atoms with Crippen molar-refractivity contribution in [2.45, 2.75) is 37.8 Å². The number of likely N-dealkylation sites (tertiary alicyclic amines) is 1. The number of carbonyl (C=O) groups excluding carboxylic acids is 1. The number of hydrogen-bond acceptors (Lipinski definition) is 3. The minimum atomic E-state index is -1.15. The molecule has 1 unspecified atom stereocenters. The molecule has 8 heteroatoms. The Hall–Kier alpha value is -1.50. The Morgan fingerprint density at radius 3 is 2.71 bits per heavy atom. The second-order valence-corrected chi connectivity index (χ2v) is 7.15. The van der Waals surface area contributed by atoms with Crippen molar-refractivity contribution in [2.75, 3.05) is 13.1 Å². The van der Waals surface area contributed by atoms with Gasteiger partial charge in [-0.25, -0.2) is 9.59 Å². The molecule has 0 radical (unpaired) electrons. The summed E-state index contributed by atoms with van der Waals surface area (Å²) in [5.41, 5.74) is -0.368. The van der Waals surface area contributed by atoms with Gasteiger partial charge in [-0.2, -0.15) is 0 Å². The number of carbonyl (C=O) groups is 2. The van der Waals surface area contributed by atoms with Gasteiger partial charge in [0.05, 0.1) is 12.1 Å². The third-order valence-corrected chi connectivity index (χ3v) is 4.58. The molecule has 1 saturated heterocycles. The Bertz CT molecular complexity index is 637. The van der Waals surface area contributed by atoms with Gasteiger partial charge < -0.3 is 20.4 Å². The molecule has 1 aliphatic rings. The Morgan fingerprint density at radius 1 is 1.42 bits per heavy atom. The number of amides is 2. The van der Waals surface area contributed by atoms with Crippen molar-refractivity contribution in [1.82, 2.24) is 10.2 Å². The first-order valence-corrected chi connectivity index (χ1v) is 8.38. The van der Waals surface area contributed by atoms with Gasteiger partial charge in [0.1, 0.15) is 6.04 Å². The quantitative estimate of drug-likeness (QED) is 0.755. The van der Waals surface area contributed by atoms with Gasteiger partial charge in [0.2, 0.25) is 0 Å². The van der Waals surface area contributed by atoms with Gasteiger partial charge in [0.25, 0.3) is 0 Å². The van der Waals surface area contributed by atoms with E-state index < -0.39 is 23.6 Å².